The molecule has 6 heteroatoms. The van der Waals surface area contributed by atoms with E-state index in [4.69, 9.17) is 11.6 Å². The molecule has 0 fully saturated rings. The van der Waals surface area contributed by atoms with Crippen LogP contribution in [0.2, 0.25) is 5.02 Å². The van der Waals surface area contributed by atoms with Gasteiger partial charge in [-0.2, -0.15) is 11.8 Å². The first-order chi connectivity index (χ1) is 11.0. The molecule has 0 saturated heterocycles. The molecule has 1 atom stereocenters. The highest BCUT2D eigenvalue weighted by atomic mass is 35.5. The van der Waals surface area contributed by atoms with Gasteiger partial charge in [-0.15, -0.1) is 0 Å². The molecule has 0 bridgehead atoms. The van der Waals surface area contributed by atoms with Crippen LogP contribution in [0.25, 0.3) is 11.0 Å². The zero-order chi connectivity index (χ0) is 16.4. The molecular formula is C17H16ClFN2OS. The lowest BCUT2D eigenvalue weighted by molar-refractivity contribution is 0.204. The lowest BCUT2D eigenvalue weighted by Crippen LogP contribution is -2.02. The highest BCUT2D eigenvalue weighted by Gasteiger charge is 2.10. The van der Waals surface area contributed by atoms with Crippen molar-refractivity contribution >= 4 is 34.4 Å². The molecule has 0 aliphatic heterocycles. The van der Waals surface area contributed by atoms with E-state index in [1.54, 1.807) is 30.8 Å². The number of rotatable bonds is 5. The molecule has 1 unspecified atom stereocenters. The molecule has 1 aromatic heterocycles. The van der Waals surface area contributed by atoms with E-state index < -0.39 is 6.10 Å². The van der Waals surface area contributed by atoms with Crippen molar-refractivity contribution < 1.29 is 9.50 Å². The van der Waals surface area contributed by atoms with Gasteiger partial charge in [-0.25, -0.2) is 9.37 Å². The van der Waals surface area contributed by atoms with Crippen molar-refractivity contribution in [3.63, 3.8) is 0 Å². The van der Waals surface area contributed by atoms with Gasteiger partial charge in [-0.05, 0) is 42.3 Å². The summed E-state index contributed by atoms with van der Waals surface area (Å²) in [7, 11) is 0. The number of aromatic amines is 1. The largest absolute Gasteiger partial charge is 0.388 e. The van der Waals surface area contributed by atoms with Crippen LogP contribution in [0.1, 0.15) is 23.1 Å². The second-order valence-corrected chi connectivity index (χ2v) is 6.85. The molecule has 3 rings (SSSR count). The number of H-pyrrole nitrogens is 1. The quantitative estimate of drug-likeness (QED) is 0.705. The number of imidazole rings is 1. The van der Waals surface area contributed by atoms with Crippen LogP contribution in [0.3, 0.4) is 0 Å². The Morgan fingerprint density at radius 1 is 1.30 bits per heavy atom. The Bertz CT molecular complexity index is 837. The molecular weight excluding hydrogens is 335 g/mol. The van der Waals surface area contributed by atoms with E-state index in [1.807, 2.05) is 18.2 Å². The number of aromatic nitrogens is 2. The Labute approximate surface area is 142 Å². The Kier molecular flexibility index (Phi) is 4.90. The number of aliphatic hydroxyl groups excluding tert-OH is 1. The minimum absolute atomic E-state index is 0.255. The maximum absolute atomic E-state index is 13.3. The van der Waals surface area contributed by atoms with Crippen LogP contribution in [0, 0.1) is 12.7 Å². The number of hydrogen-bond acceptors (Lipinski definition) is 3. The predicted octanol–water partition coefficient (Wildman–Crippen LogP) is 4.63. The molecule has 0 aliphatic carbocycles. The number of hydrogen-bond donors (Lipinski definition) is 2. The number of nitrogens with one attached hydrogen (secondary N) is 1. The number of aliphatic hydroxyl groups is 1. The van der Waals surface area contributed by atoms with Crippen molar-refractivity contribution in [2.45, 2.75) is 18.8 Å². The van der Waals surface area contributed by atoms with Crippen molar-refractivity contribution in [3.05, 3.63) is 64.2 Å². The van der Waals surface area contributed by atoms with Gasteiger partial charge in [0.2, 0.25) is 0 Å². The highest BCUT2D eigenvalue weighted by molar-refractivity contribution is 7.98. The molecule has 3 nitrogen and oxygen atoms in total. The Hall–Kier alpha value is -1.56. The predicted molar refractivity (Wildman–Crippen MR) is 93.4 cm³/mol. The van der Waals surface area contributed by atoms with Gasteiger partial charge < -0.3 is 10.1 Å². The second kappa shape index (κ2) is 6.91. The summed E-state index contributed by atoms with van der Waals surface area (Å²) in [5.41, 5.74) is 3.05. The Morgan fingerprint density at radius 2 is 2.13 bits per heavy atom. The number of thioether (sulfide) groups is 1. The van der Waals surface area contributed by atoms with Crippen molar-refractivity contribution in [2.24, 2.45) is 0 Å². The summed E-state index contributed by atoms with van der Waals surface area (Å²) in [6, 6.07) is 10.2. The fourth-order valence-electron chi connectivity index (χ4n) is 2.34. The summed E-state index contributed by atoms with van der Waals surface area (Å²) in [4.78, 5) is 7.70. The number of fused-ring (bicyclic) bond motifs is 1. The lowest BCUT2D eigenvalue weighted by atomic mass is 10.1. The van der Waals surface area contributed by atoms with Crippen LogP contribution in [0.5, 0.6) is 0 Å². The summed E-state index contributed by atoms with van der Waals surface area (Å²) in [6.45, 7) is 1.69. The number of halogens is 2. The third-order valence-corrected chi connectivity index (χ3v) is 4.84. The molecule has 120 valence electrons. The van der Waals surface area contributed by atoms with Crippen molar-refractivity contribution in [2.75, 3.05) is 5.75 Å². The molecule has 0 radical (unpaired) electrons. The first-order valence-corrected chi connectivity index (χ1v) is 8.72. The van der Waals surface area contributed by atoms with Crippen LogP contribution in [-0.4, -0.2) is 20.8 Å². The molecule has 0 amide bonds. The van der Waals surface area contributed by atoms with Crippen LogP contribution < -0.4 is 0 Å². The first kappa shape index (κ1) is 16.3. The van der Waals surface area contributed by atoms with Gasteiger partial charge in [0.1, 0.15) is 11.6 Å². The molecule has 23 heavy (non-hydrogen) atoms. The first-order valence-electron chi connectivity index (χ1n) is 7.19. The standard InChI is InChI=1S/C17H16ClFN2OS/c1-10-6-11(2-4-13(10)19)16(22)8-23-9-17-20-14-5-3-12(18)7-15(14)21-17/h2-7,16,22H,8-9H2,1H3,(H,20,21). The van der Waals surface area contributed by atoms with E-state index in [0.29, 0.717) is 22.1 Å². The van der Waals surface area contributed by atoms with E-state index in [9.17, 15) is 9.50 Å². The summed E-state index contributed by atoms with van der Waals surface area (Å²) >= 11 is 7.52. The SMILES string of the molecule is Cc1cc(C(O)CSCc2nc3ccc(Cl)cc3[nH]2)ccc1F. The average Bonchev–Trinajstić information content (AvgIpc) is 2.91. The zero-order valence-electron chi connectivity index (χ0n) is 12.5. The van der Waals surface area contributed by atoms with Crippen LogP contribution in [0.15, 0.2) is 36.4 Å². The summed E-state index contributed by atoms with van der Waals surface area (Å²) < 4.78 is 13.3. The van der Waals surface area contributed by atoms with E-state index in [-0.39, 0.29) is 5.82 Å². The van der Waals surface area contributed by atoms with Crippen molar-refractivity contribution in [3.8, 4) is 0 Å². The van der Waals surface area contributed by atoms with Gasteiger partial charge in [-0.1, -0.05) is 23.7 Å². The van der Waals surface area contributed by atoms with Crippen LogP contribution in [-0.2, 0) is 5.75 Å². The molecule has 3 aromatic rings. The number of benzene rings is 2. The highest BCUT2D eigenvalue weighted by Crippen LogP contribution is 2.23. The lowest BCUT2D eigenvalue weighted by Gasteiger charge is -2.11. The van der Waals surface area contributed by atoms with Gasteiger partial charge in [0.05, 0.1) is 22.9 Å². The third kappa shape index (κ3) is 3.86. The molecule has 0 spiro atoms. The van der Waals surface area contributed by atoms with Gasteiger partial charge in [-0.3, -0.25) is 0 Å². The maximum atomic E-state index is 13.3. The van der Waals surface area contributed by atoms with E-state index in [1.165, 1.54) is 6.07 Å². The minimum atomic E-state index is -0.627. The summed E-state index contributed by atoms with van der Waals surface area (Å²) in [6.07, 6.45) is -0.627. The Morgan fingerprint density at radius 3 is 2.91 bits per heavy atom. The summed E-state index contributed by atoms with van der Waals surface area (Å²) in [5, 5.41) is 10.9. The smallest absolute Gasteiger partial charge is 0.126 e. The average molecular weight is 351 g/mol. The monoisotopic (exact) mass is 350 g/mol. The normalized spacial score (nSPS) is 12.7. The van der Waals surface area contributed by atoms with Gasteiger partial charge in [0.25, 0.3) is 0 Å². The molecule has 2 N–H and O–H groups in total. The van der Waals surface area contributed by atoms with Crippen LogP contribution in [0.4, 0.5) is 4.39 Å². The fourth-order valence-corrected chi connectivity index (χ4v) is 3.38. The molecule has 0 saturated carbocycles. The van der Waals surface area contributed by atoms with Gasteiger partial charge in [0, 0.05) is 10.8 Å². The van der Waals surface area contributed by atoms with Gasteiger partial charge in [0.15, 0.2) is 0 Å². The second-order valence-electron chi connectivity index (χ2n) is 5.38. The molecule has 0 aliphatic rings. The molecule has 1 heterocycles. The minimum Gasteiger partial charge on any atom is -0.388 e. The van der Waals surface area contributed by atoms with Gasteiger partial charge >= 0.3 is 0 Å². The number of nitrogens with zero attached hydrogens (tertiary/aromatic N) is 1. The Balaban J connectivity index is 1.60. The zero-order valence-corrected chi connectivity index (χ0v) is 14.1. The molecule has 2 aromatic carbocycles. The van der Waals surface area contributed by atoms with E-state index >= 15 is 0 Å². The summed E-state index contributed by atoms with van der Waals surface area (Å²) in [5.74, 6) is 1.76. The van der Waals surface area contributed by atoms with E-state index in [0.717, 1.165) is 22.4 Å². The van der Waals surface area contributed by atoms with Crippen LogP contribution >= 0.6 is 23.4 Å². The number of aryl methyl sites for hydroxylation is 1. The fraction of sp³-hybridized carbons (Fsp3) is 0.235. The van der Waals surface area contributed by atoms with E-state index in [2.05, 4.69) is 9.97 Å². The van der Waals surface area contributed by atoms with Crippen molar-refractivity contribution in [1.29, 1.82) is 0 Å². The maximum Gasteiger partial charge on any atom is 0.126 e. The van der Waals surface area contributed by atoms with Crippen molar-refractivity contribution in [1.82, 2.24) is 9.97 Å². The topological polar surface area (TPSA) is 48.9 Å². The third-order valence-electron chi connectivity index (χ3n) is 3.57.